The van der Waals surface area contributed by atoms with Crippen molar-refractivity contribution in [3.8, 4) is 0 Å². The largest absolute Gasteiger partial charge is 0.455 e. The summed E-state index contributed by atoms with van der Waals surface area (Å²) >= 11 is 0. The maximum absolute atomic E-state index is 13.9. The van der Waals surface area contributed by atoms with Gasteiger partial charge in [-0.15, -0.1) is 0 Å². The molecule has 210 valence electrons. The highest BCUT2D eigenvalue weighted by atomic mass is 19.4. The molecule has 12 heteroatoms. The quantitative estimate of drug-likeness (QED) is 0.469. The van der Waals surface area contributed by atoms with Crippen molar-refractivity contribution >= 4 is 22.5 Å². The molecule has 2 aliphatic rings. The lowest BCUT2D eigenvalue weighted by atomic mass is 10.0. The number of hydrogen-bond donors (Lipinski definition) is 2. The summed E-state index contributed by atoms with van der Waals surface area (Å²) in [6.07, 6.45) is -4.04. The number of pyridine rings is 1. The minimum absolute atomic E-state index is 0.0170. The number of β-amino-alcohol motifs (C(OH)–C–C–N with tert-alkyl or cyclic N) is 1. The highest BCUT2D eigenvalue weighted by molar-refractivity contribution is 5.99. The van der Waals surface area contributed by atoms with E-state index in [0.717, 1.165) is 32.0 Å². The highest BCUT2D eigenvalue weighted by Gasteiger charge is 2.45. The summed E-state index contributed by atoms with van der Waals surface area (Å²) in [5.74, 6) is -1.42. The molecule has 9 nitrogen and oxygen atoms in total. The molecule has 0 radical (unpaired) electrons. The molecule has 0 spiro atoms. The number of halogens is 3. The Morgan fingerprint density at radius 3 is 2.54 bits per heavy atom. The smallest absolute Gasteiger partial charge is 0.449 e. The fourth-order valence-corrected chi connectivity index (χ4v) is 5.76. The van der Waals surface area contributed by atoms with E-state index in [9.17, 15) is 22.8 Å². The first-order valence-corrected chi connectivity index (χ1v) is 12.8. The molecular weight excluding hydrogens is 517 g/mol. The van der Waals surface area contributed by atoms with Gasteiger partial charge in [0.2, 0.25) is 11.7 Å². The van der Waals surface area contributed by atoms with E-state index in [1.54, 1.807) is 30.1 Å². The highest BCUT2D eigenvalue weighted by Crippen LogP contribution is 2.43. The van der Waals surface area contributed by atoms with Crippen LogP contribution in [0.5, 0.6) is 0 Å². The predicted molar refractivity (Wildman–Crippen MR) is 138 cm³/mol. The van der Waals surface area contributed by atoms with E-state index in [1.807, 2.05) is 6.07 Å². The summed E-state index contributed by atoms with van der Waals surface area (Å²) in [6.45, 7) is 2.00. The number of nitrogens with zero attached hydrogens (tertiary/aromatic N) is 3. The number of carbonyl (C=O) groups is 1. The predicted octanol–water partition coefficient (Wildman–Crippen LogP) is 2.74. The van der Waals surface area contributed by atoms with Gasteiger partial charge in [-0.1, -0.05) is 18.2 Å². The Kier molecular flexibility index (Phi) is 7.45. The molecule has 0 bridgehead atoms. The van der Waals surface area contributed by atoms with Crippen molar-refractivity contribution < 1.29 is 32.2 Å². The number of ether oxygens (including phenoxy) is 1. The second-order valence-electron chi connectivity index (χ2n) is 9.99. The van der Waals surface area contributed by atoms with Crippen LogP contribution in [0.15, 0.2) is 45.6 Å². The zero-order valence-electron chi connectivity index (χ0n) is 21.7. The third-order valence-corrected chi connectivity index (χ3v) is 7.65. The van der Waals surface area contributed by atoms with E-state index in [2.05, 4.69) is 10.2 Å². The molecule has 1 aromatic carbocycles. The van der Waals surface area contributed by atoms with E-state index < -0.39 is 29.6 Å². The number of para-hydroxylation sites is 1. The molecule has 1 fully saturated rings. The first-order chi connectivity index (χ1) is 18.6. The molecule has 4 heterocycles. The van der Waals surface area contributed by atoms with Gasteiger partial charge in [-0.3, -0.25) is 9.59 Å². The van der Waals surface area contributed by atoms with Crippen LogP contribution in [0, 0.1) is 0 Å². The number of fused-ring (bicyclic) bond motifs is 3. The number of amides is 1. The minimum Gasteiger partial charge on any atom is -0.455 e. The van der Waals surface area contributed by atoms with Gasteiger partial charge in [0.25, 0.3) is 5.56 Å². The third kappa shape index (κ3) is 5.04. The van der Waals surface area contributed by atoms with Crippen LogP contribution >= 0.6 is 0 Å². The van der Waals surface area contributed by atoms with Gasteiger partial charge in [-0.25, -0.2) is 0 Å². The van der Waals surface area contributed by atoms with E-state index in [-0.39, 0.29) is 36.4 Å². The number of hydrogen-bond acceptors (Lipinski definition) is 7. The lowest BCUT2D eigenvalue weighted by Crippen LogP contribution is -2.52. The number of aliphatic hydroxyl groups is 1. The number of rotatable bonds is 7. The average molecular weight is 549 g/mol. The summed E-state index contributed by atoms with van der Waals surface area (Å²) in [5.41, 5.74) is 0.886. The molecule has 0 saturated carbocycles. The lowest BCUT2D eigenvalue weighted by molar-refractivity contribution is -0.153. The molecule has 3 aromatic rings. The van der Waals surface area contributed by atoms with Gasteiger partial charge in [0.1, 0.15) is 17.9 Å². The number of anilines is 1. The van der Waals surface area contributed by atoms with E-state index in [4.69, 9.17) is 14.3 Å². The normalized spacial score (nSPS) is 20.5. The monoisotopic (exact) mass is 548 g/mol. The summed E-state index contributed by atoms with van der Waals surface area (Å²) in [6, 6.07) is 8.27. The van der Waals surface area contributed by atoms with Crippen molar-refractivity contribution in [2.24, 2.45) is 0 Å². The van der Waals surface area contributed by atoms with Gasteiger partial charge in [0, 0.05) is 45.2 Å². The molecule has 2 unspecified atom stereocenters. The van der Waals surface area contributed by atoms with Crippen LogP contribution in [0.25, 0.3) is 10.9 Å². The van der Waals surface area contributed by atoms with E-state index >= 15 is 0 Å². The number of likely N-dealkylation sites (tertiary alicyclic amines) is 1. The van der Waals surface area contributed by atoms with Gasteiger partial charge in [-0.05, 0) is 31.0 Å². The van der Waals surface area contributed by atoms with Gasteiger partial charge >= 0.3 is 6.18 Å². The Labute approximate surface area is 222 Å². The van der Waals surface area contributed by atoms with Crippen LogP contribution in [-0.4, -0.2) is 73.0 Å². The number of aliphatic hydroxyl groups excluding tert-OH is 1. The standard InChI is InChI=1S/C27H31F3N4O5/c1-32-22-18-5-3-4-6-19(18)34(15-17-7-8-20(39-17)27(28,29)30)26(37)21(22)24(38-2)23(32)25(36)31-16-9-11-33(12-10-16)13-14-35/h3-8,16,23-24,35H,9-15H2,1-2H3,(H,31,36). The van der Waals surface area contributed by atoms with Gasteiger partial charge < -0.3 is 33.9 Å². The van der Waals surface area contributed by atoms with Gasteiger partial charge in [0.05, 0.1) is 29.9 Å². The van der Waals surface area contributed by atoms with Crippen molar-refractivity contribution in [1.82, 2.24) is 14.8 Å². The van der Waals surface area contributed by atoms with Crippen LogP contribution in [-0.2, 0) is 22.3 Å². The topological polar surface area (TPSA) is 100 Å². The summed E-state index contributed by atoms with van der Waals surface area (Å²) in [5, 5.41) is 13.0. The molecule has 0 aliphatic carbocycles. The number of carbonyl (C=O) groups excluding carboxylic acids is 1. The number of piperidine rings is 1. The Bertz CT molecular complexity index is 1410. The minimum atomic E-state index is -4.64. The molecule has 2 aromatic heterocycles. The zero-order valence-corrected chi connectivity index (χ0v) is 21.7. The SMILES string of the molecule is COC1c2c(c3ccccc3n(Cc3ccc(C(F)(F)F)o3)c2=O)N(C)C1C(=O)NC1CCN(CCO)CC1. The molecular formula is C27H31F3N4O5. The van der Waals surface area contributed by atoms with Crippen LogP contribution in [0.4, 0.5) is 18.9 Å². The summed E-state index contributed by atoms with van der Waals surface area (Å²) in [7, 11) is 3.17. The molecule has 1 saturated heterocycles. The van der Waals surface area contributed by atoms with Crippen molar-refractivity contribution in [3.63, 3.8) is 0 Å². The summed E-state index contributed by atoms with van der Waals surface area (Å²) in [4.78, 5) is 31.4. The maximum atomic E-state index is 13.9. The Balaban J connectivity index is 1.48. The van der Waals surface area contributed by atoms with Crippen LogP contribution < -0.4 is 15.8 Å². The summed E-state index contributed by atoms with van der Waals surface area (Å²) < 4.78 is 51.4. The van der Waals surface area contributed by atoms with E-state index in [1.165, 1.54) is 17.7 Å². The number of nitrogens with one attached hydrogen (secondary N) is 1. The van der Waals surface area contributed by atoms with Crippen molar-refractivity contribution in [1.29, 1.82) is 0 Å². The first-order valence-electron chi connectivity index (χ1n) is 12.8. The second-order valence-corrected chi connectivity index (χ2v) is 9.99. The van der Waals surface area contributed by atoms with E-state index in [0.29, 0.717) is 23.1 Å². The number of aromatic nitrogens is 1. The van der Waals surface area contributed by atoms with Crippen molar-refractivity contribution in [2.75, 3.05) is 45.3 Å². The zero-order chi connectivity index (χ0) is 27.9. The number of alkyl halides is 3. The molecule has 39 heavy (non-hydrogen) atoms. The van der Waals surface area contributed by atoms with Crippen molar-refractivity contribution in [3.05, 3.63) is 63.8 Å². The Hall–Kier alpha value is -3.35. The maximum Gasteiger partial charge on any atom is 0.449 e. The number of likely N-dealkylation sites (N-methyl/N-ethyl adjacent to an activating group) is 1. The molecule has 2 N–H and O–H groups in total. The number of benzene rings is 1. The third-order valence-electron chi connectivity index (χ3n) is 7.65. The van der Waals surface area contributed by atoms with Gasteiger partial charge in [0.15, 0.2) is 0 Å². The van der Waals surface area contributed by atoms with Crippen LogP contribution in [0.1, 0.15) is 36.0 Å². The van der Waals surface area contributed by atoms with Crippen LogP contribution in [0.2, 0.25) is 0 Å². The Morgan fingerprint density at radius 1 is 1.18 bits per heavy atom. The fraction of sp³-hybridized carbons (Fsp3) is 0.481. The fourth-order valence-electron chi connectivity index (χ4n) is 5.76. The molecule has 5 rings (SSSR count). The first kappa shape index (κ1) is 27.2. The second kappa shape index (κ2) is 10.7. The molecule has 1 amide bonds. The molecule has 2 aliphatic heterocycles. The Morgan fingerprint density at radius 2 is 1.90 bits per heavy atom. The lowest BCUT2D eigenvalue weighted by Gasteiger charge is -2.33. The number of furan rings is 1. The number of methoxy groups -OCH3 is 1. The average Bonchev–Trinajstić information content (AvgIpc) is 3.50. The van der Waals surface area contributed by atoms with Crippen LogP contribution in [0.3, 0.4) is 0 Å². The molecule has 2 atom stereocenters. The van der Waals surface area contributed by atoms with Gasteiger partial charge in [-0.2, -0.15) is 13.2 Å². The van der Waals surface area contributed by atoms with Crippen molar-refractivity contribution in [2.45, 2.75) is 43.8 Å².